The molecular formula is C27H43N5O5S. The Morgan fingerprint density at radius 2 is 1.55 bits per heavy atom. The molecule has 5 N–H and O–H groups in total. The van der Waals surface area contributed by atoms with Gasteiger partial charge in [0.1, 0.15) is 17.9 Å². The molecule has 0 heterocycles. The molecule has 38 heavy (non-hydrogen) atoms. The highest BCUT2D eigenvalue weighted by atomic mass is 32.2. The van der Waals surface area contributed by atoms with Crippen molar-refractivity contribution in [3.8, 4) is 0 Å². The van der Waals surface area contributed by atoms with Crippen molar-refractivity contribution in [2.75, 3.05) is 32.1 Å². The number of rotatable bonds is 19. The number of carbonyl (C=O) groups excluding carboxylic acids is 5. The minimum atomic E-state index is -0.823. The molecule has 0 aliphatic heterocycles. The number of benzene rings is 1. The van der Waals surface area contributed by atoms with E-state index >= 15 is 0 Å². The molecule has 0 aromatic heterocycles. The Balaban J connectivity index is 2.66. The van der Waals surface area contributed by atoms with Gasteiger partial charge in [0.05, 0.1) is 12.6 Å². The van der Waals surface area contributed by atoms with Crippen molar-refractivity contribution >= 4 is 41.2 Å². The average molecular weight is 550 g/mol. The Morgan fingerprint density at radius 1 is 0.868 bits per heavy atom. The van der Waals surface area contributed by atoms with Gasteiger partial charge in [0.2, 0.25) is 23.6 Å². The van der Waals surface area contributed by atoms with Gasteiger partial charge in [0.15, 0.2) is 0 Å². The molecule has 3 atom stereocenters. The first-order chi connectivity index (χ1) is 18.2. The summed E-state index contributed by atoms with van der Waals surface area (Å²) in [7, 11) is 1.77. The lowest BCUT2D eigenvalue weighted by molar-refractivity contribution is -0.131. The molecule has 11 heteroatoms. The first-order valence-electron chi connectivity index (χ1n) is 13.1. The van der Waals surface area contributed by atoms with Crippen LogP contribution >= 0.6 is 11.8 Å². The summed E-state index contributed by atoms with van der Waals surface area (Å²) < 4.78 is 0. The number of ketones is 1. The standard InChI is InChI=1S/C27H43N5O5S/c1-5-24(34)21(28-3)13-9-10-15-29-27(37)23(17-20-11-7-6-8-12-20)32-25(35)18-30-26(36)22(14-16-38-4)31-19(2)33/h6-8,11-12,21-23,28H,5,9-10,13-18H2,1-4H3,(H,29,37)(H,30,36)(H,31,33)(H,32,35). The second-order valence-corrected chi connectivity index (χ2v) is 10.00. The number of unbranched alkanes of at least 4 members (excludes halogenated alkanes) is 1. The molecule has 1 aromatic rings. The molecule has 0 aliphatic rings. The summed E-state index contributed by atoms with van der Waals surface area (Å²) >= 11 is 1.55. The minimum Gasteiger partial charge on any atom is -0.354 e. The number of nitrogens with one attached hydrogen (secondary N) is 5. The van der Waals surface area contributed by atoms with Crippen molar-refractivity contribution in [1.29, 1.82) is 0 Å². The van der Waals surface area contributed by atoms with Gasteiger partial charge in [-0.15, -0.1) is 0 Å². The van der Waals surface area contributed by atoms with Crippen LogP contribution in [0.2, 0.25) is 0 Å². The molecule has 3 unspecified atom stereocenters. The van der Waals surface area contributed by atoms with Crippen LogP contribution < -0.4 is 26.6 Å². The topological polar surface area (TPSA) is 146 Å². The summed E-state index contributed by atoms with van der Waals surface area (Å²) in [6, 6.07) is 7.61. The highest BCUT2D eigenvalue weighted by Gasteiger charge is 2.23. The summed E-state index contributed by atoms with van der Waals surface area (Å²) in [5, 5.41) is 13.8. The van der Waals surface area contributed by atoms with Gasteiger partial charge in [-0.05, 0) is 50.3 Å². The summed E-state index contributed by atoms with van der Waals surface area (Å²) in [5.74, 6) is -0.755. The lowest BCUT2D eigenvalue weighted by Crippen LogP contribution is -2.52. The van der Waals surface area contributed by atoms with Crippen LogP contribution in [0.25, 0.3) is 0 Å². The molecule has 0 saturated heterocycles. The Hall–Kier alpha value is -2.92. The first-order valence-corrected chi connectivity index (χ1v) is 14.5. The molecule has 0 radical (unpaired) electrons. The molecule has 1 rings (SSSR count). The van der Waals surface area contributed by atoms with Gasteiger partial charge < -0.3 is 26.6 Å². The third-order valence-electron chi connectivity index (χ3n) is 5.97. The van der Waals surface area contributed by atoms with Gasteiger partial charge in [0, 0.05) is 26.3 Å². The molecule has 0 saturated carbocycles. The Labute approximate surface area is 230 Å². The SMILES string of the molecule is CCC(=O)C(CCCCNC(=O)C(Cc1ccccc1)NC(=O)CNC(=O)C(CCSC)NC(C)=O)NC. The van der Waals surface area contributed by atoms with Gasteiger partial charge in [-0.1, -0.05) is 37.3 Å². The van der Waals surface area contributed by atoms with Gasteiger partial charge in [-0.2, -0.15) is 11.8 Å². The molecule has 212 valence electrons. The molecule has 0 bridgehead atoms. The Bertz CT molecular complexity index is 899. The van der Waals surface area contributed by atoms with Crippen molar-refractivity contribution < 1.29 is 24.0 Å². The van der Waals surface area contributed by atoms with Crippen LogP contribution in [-0.2, 0) is 30.4 Å². The largest absolute Gasteiger partial charge is 0.354 e. The predicted molar refractivity (Wildman–Crippen MR) is 151 cm³/mol. The maximum atomic E-state index is 12.9. The number of amides is 4. The van der Waals surface area contributed by atoms with Crippen LogP contribution in [0.1, 0.15) is 51.5 Å². The summed E-state index contributed by atoms with van der Waals surface area (Å²) in [6.07, 6.45) is 5.28. The zero-order valence-corrected chi connectivity index (χ0v) is 23.7. The van der Waals surface area contributed by atoms with Crippen LogP contribution in [0.3, 0.4) is 0 Å². The highest BCUT2D eigenvalue weighted by molar-refractivity contribution is 7.98. The van der Waals surface area contributed by atoms with Crippen molar-refractivity contribution in [3.05, 3.63) is 35.9 Å². The van der Waals surface area contributed by atoms with Crippen LogP contribution in [0, 0.1) is 0 Å². The van der Waals surface area contributed by atoms with Crippen molar-refractivity contribution in [2.45, 2.75) is 70.5 Å². The second kappa shape index (κ2) is 19.2. The van der Waals surface area contributed by atoms with Crippen molar-refractivity contribution in [2.24, 2.45) is 0 Å². The van der Waals surface area contributed by atoms with Crippen LogP contribution in [0.4, 0.5) is 0 Å². The Morgan fingerprint density at radius 3 is 2.16 bits per heavy atom. The number of thioether (sulfide) groups is 1. The van der Waals surface area contributed by atoms with Crippen molar-refractivity contribution in [1.82, 2.24) is 26.6 Å². The third-order valence-corrected chi connectivity index (χ3v) is 6.61. The number of hydrogen-bond acceptors (Lipinski definition) is 7. The summed E-state index contributed by atoms with van der Waals surface area (Å²) in [4.78, 5) is 61.4. The van der Waals surface area contributed by atoms with Crippen LogP contribution in [0.5, 0.6) is 0 Å². The quantitative estimate of drug-likeness (QED) is 0.162. The van der Waals surface area contributed by atoms with E-state index in [4.69, 9.17) is 0 Å². The fourth-order valence-corrected chi connectivity index (χ4v) is 4.34. The van der Waals surface area contributed by atoms with Gasteiger partial charge in [0.25, 0.3) is 0 Å². The highest BCUT2D eigenvalue weighted by Crippen LogP contribution is 2.06. The smallest absolute Gasteiger partial charge is 0.243 e. The first kappa shape index (κ1) is 33.1. The minimum absolute atomic E-state index is 0.168. The molecule has 10 nitrogen and oxygen atoms in total. The van der Waals surface area contributed by atoms with E-state index in [0.29, 0.717) is 44.4 Å². The van der Waals surface area contributed by atoms with E-state index in [1.54, 1.807) is 18.8 Å². The monoisotopic (exact) mass is 549 g/mol. The zero-order valence-electron chi connectivity index (χ0n) is 22.9. The molecule has 0 fully saturated rings. The number of likely N-dealkylation sites (N-methyl/N-ethyl adjacent to an activating group) is 1. The maximum absolute atomic E-state index is 12.9. The lowest BCUT2D eigenvalue weighted by Gasteiger charge is -2.20. The second-order valence-electron chi connectivity index (χ2n) is 9.01. The third kappa shape index (κ3) is 13.6. The molecule has 0 spiro atoms. The molecular weight excluding hydrogens is 506 g/mol. The summed E-state index contributed by atoms with van der Waals surface area (Å²) in [5.41, 5.74) is 0.884. The predicted octanol–water partition coefficient (Wildman–Crippen LogP) is 0.942. The maximum Gasteiger partial charge on any atom is 0.243 e. The van der Waals surface area contributed by atoms with Crippen LogP contribution in [0.15, 0.2) is 30.3 Å². The number of hydrogen-bond donors (Lipinski definition) is 5. The average Bonchev–Trinajstić information content (AvgIpc) is 2.91. The van der Waals surface area contributed by atoms with E-state index < -0.39 is 23.9 Å². The normalized spacial score (nSPS) is 13.1. The van der Waals surface area contributed by atoms with E-state index in [1.807, 2.05) is 43.5 Å². The molecule has 4 amide bonds. The van der Waals surface area contributed by atoms with E-state index in [-0.39, 0.29) is 30.2 Å². The molecule has 1 aromatic carbocycles. The van der Waals surface area contributed by atoms with Crippen molar-refractivity contribution in [3.63, 3.8) is 0 Å². The Kier molecular flexibility index (Phi) is 16.7. The zero-order chi connectivity index (χ0) is 28.3. The van der Waals surface area contributed by atoms with Gasteiger partial charge in [-0.3, -0.25) is 24.0 Å². The van der Waals surface area contributed by atoms with E-state index in [1.165, 1.54) is 6.92 Å². The van der Waals surface area contributed by atoms with Crippen LogP contribution in [-0.4, -0.2) is 79.7 Å². The number of carbonyl (C=O) groups is 5. The summed E-state index contributed by atoms with van der Waals surface area (Å²) in [6.45, 7) is 3.28. The van der Waals surface area contributed by atoms with E-state index in [9.17, 15) is 24.0 Å². The fourth-order valence-electron chi connectivity index (χ4n) is 3.87. The molecule has 0 aliphatic carbocycles. The fraction of sp³-hybridized carbons (Fsp3) is 0.593. The lowest BCUT2D eigenvalue weighted by atomic mass is 10.0. The van der Waals surface area contributed by atoms with Gasteiger partial charge in [-0.25, -0.2) is 0 Å². The van der Waals surface area contributed by atoms with Gasteiger partial charge >= 0.3 is 0 Å². The van der Waals surface area contributed by atoms with E-state index in [0.717, 1.165) is 12.0 Å². The van der Waals surface area contributed by atoms with E-state index in [2.05, 4.69) is 26.6 Å². The number of Topliss-reactive ketones (excluding diaryl/α,β-unsaturated/α-hetero) is 1.